The number of nitrogens with zero attached hydrogens (tertiary/aromatic N) is 1. The topological polar surface area (TPSA) is 86.8 Å². The lowest BCUT2D eigenvalue weighted by molar-refractivity contribution is -0.141. The Bertz CT molecular complexity index is 1050. The first-order chi connectivity index (χ1) is 15.5. The van der Waals surface area contributed by atoms with E-state index in [1.807, 2.05) is 35.7 Å². The molecule has 0 radical (unpaired) electrons. The number of benzene rings is 2. The zero-order chi connectivity index (χ0) is 22.9. The number of aromatic nitrogens is 1. The van der Waals surface area contributed by atoms with Gasteiger partial charge in [-0.2, -0.15) is 0 Å². The molecule has 0 fully saturated rings. The van der Waals surface area contributed by atoms with Crippen LogP contribution in [-0.2, 0) is 27.2 Å². The SMILES string of the molecule is COC(=O)CC(NC(=O)Cc1csc(Cc2ccccc2)n1)c1ccc(OC)c(OC)c1. The molecule has 0 saturated heterocycles. The van der Waals surface area contributed by atoms with Gasteiger partial charge in [0.15, 0.2) is 11.5 Å². The zero-order valence-corrected chi connectivity index (χ0v) is 19.1. The van der Waals surface area contributed by atoms with Crippen molar-refractivity contribution in [3.8, 4) is 11.5 Å². The lowest BCUT2D eigenvalue weighted by Crippen LogP contribution is -2.31. The van der Waals surface area contributed by atoms with E-state index in [4.69, 9.17) is 14.2 Å². The van der Waals surface area contributed by atoms with E-state index >= 15 is 0 Å². The van der Waals surface area contributed by atoms with E-state index < -0.39 is 12.0 Å². The number of amides is 1. The number of hydrogen-bond acceptors (Lipinski definition) is 7. The van der Waals surface area contributed by atoms with Crippen molar-refractivity contribution < 1.29 is 23.8 Å². The predicted octanol–water partition coefficient (Wildman–Crippen LogP) is 3.71. The summed E-state index contributed by atoms with van der Waals surface area (Å²) in [6, 6.07) is 14.8. The van der Waals surface area contributed by atoms with E-state index in [0.29, 0.717) is 22.8 Å². The smallest absolute Gasteiger partial charge is 0.307 e. The molecule has 0 saturated carbocycles. The van der Waals surface area contributed by atoms with Crippen molar-refractivity contribution in [3.05, 3.63) is 75.7 Å². The monoisotopic (exact) mass is 454 g/mol. The second-order valence-corrected chi connectivity index (χ2v) is 8.03. The van der Waals surface area contributed by atoms with E-state index in [9.17, 15) is 9.59 Å². The van der Waals surface area contributed by atoms with Crippen LogP contribution in [0.15, 0.2) is 53.9 Å². The number of nitrogens with one attached hydrogen (secondary N) is 1. The van der Waals surface area contributed by atoms with Gasteiger partial charge in [-0.05, 0) is 23.3 Å². The van der Waals surface area contributed by atoms with E-state index in [2.05, 4.69) is 10.3 Å². The Morgan fingerprint density at radius 2 is 1.78 bits per heavy atom. The van der Waals surface area contributed by atoms with Gasteiger partial charge in [0.1, 0.15) is 0 Å². The molecule has 3 rings (SSSR count). The lowest BCUT2D eigenvalue weighted by atomic mass is 10.0. The maximum Gasteiger partial charge on any atom is 0.307 e. The number of hydrogen-bond donors (Lipinski definition) is 1. The molecule has 32 heavy (non-hydrogen) atoms. The Labute approximate surface area is 191 Å². The van der Waals surface area contributed by atoms with Crippen molar-refractivity contribution in [1.82, 2.24) is 10.3 Å². The van der Waals surface area contributed by atoms with Gasteiger partial charge in [0.2, 0.25) is 5.91 Å². The summed E-state index contributed by atoms with van der Waals surface area (Å²) in [5, 5.41) is 5.76. The minimum Gasteiger partial charge on any atom is -0.493 e. The minimum absolute atomic E-state index is 0.00591. The fourth-order valence-electron chi connectivity index (χ4n) is 3.26. The zero-order valence-electron chi connectivity index (χ0n) is 18.3. The second-order valence-electron chi connectivity index (χ2n) is 7.09. The molecule has 0 bridgehead atoms. The van der Waals surface area contributed by atoms with Gasteiger partial charge >= 0.3 is 5.97 Å². The molecule has 0 spiro atoms. The maximum atomic E-state index is 12.8. The summed E-state index contributed by atoms with van der Waals surface area (Å²) in [7, 11) is 4.40. The Balaban J connectivity index is 1.70. The van der Waals surface area contributed by atoms with Crippen LogP contribution in [0.1, 0.15) is 34.3 Å². The highest BCUT2D eigenvalue weighted by Crippen LogP contribution is 2.31. The maximum absolute atomic E-state index is 12.8. The highest BCUT2D eigenvalue weighted by molar-refractivity contribution is 7.09. The number of esters is 1. The standard InChI is InChI=1S/C24H26N2O5S/c1-29-20-10-9-17(12-21(20)30-2)19(14-24(28)31-3)26-22(27)13-18-15-32-23(25-18)11-16-7-5-4-6-8-16/h4-10,12,15,19H,11,13-14H2,1-3H3,(H,26,27). The van der Waals surface area contributed by atoms with Gasteiger partial charge in [-0.1, -0.05) is 36.4 Å². The van der Waals surface area contributed by atoms with Gasteiger partial charge in [-0.3, -0.25) is 9.59 Å². The van der Waals surface area contributed by atoms with Crippen molar-refractivity contribution in [1.29, 1.82) is 0 Å². The quantitative estimate of drug-likeness (QED) is 0.470. The molecule has 8 heteroatoms. The summed E-state index contributed by atoms with van der Waals surface area (Å²) in [6.45, 7) is 0. The summed E-state index contributed by atoms with van der Waals surface area (Å²) >= 11 is 1.53. The minimum atomic E-state index is -0.572. The summed E-state index contributed by atoms with van der Waals surface area (Å²) in [4.78, 5) is 29.3. The van der Waals surface area contributed by atoms with Gasteiger partial charge in [-0.15, -0.1) is 11.3 Å². The van der Waals surface area contributed by atoms with Gasteiger partial charge in [0.05, 0.1) is 50.9 Å². The number of carbonyl (C=O) groups excluding carboxylic acids is 2. The third-order valence-corrected chi connectivity index (χ3v) is 5.78. The number of methoxy groups -OCH3 is 3. The molecule has 1 N–H and O–H groups in total. The largest absolute Gasteiger partial charge is 0.493 e. The fraction of sp³-hybridized carbons (Fsp3) is 0.292. The van der Waals surface area contributed by atoms with Crippen molar-refractivity contribution in [2.24, 2.45) is 0 Å². The Morgan fingerprint density at radius 1 is 1.03 bits per heavy atom. The molecular weight excluding hydrogens is 428 g/mol. The Kier molecular flexibility index (Phi) is 8.21. The normalized spacial score (nSPS) is 11.5. The first-order valence-electron chi connectivity index (χ1n) is 10.1. The second kappa shape index (κ2) is 11.3. The first-order valence-corrected chi connectivity index (χ1v) is 11.0. The predicted molar refractivity (Wildman–Crippen MR) is 122 cm³/mol. The average molecular weight is 455 g/mol. The number of carbonyl (C=O) groups is 2. The number of thiazole rings is 1. The molecule has 1 amide bonds. The summed E-state index contributed by atoms with van der Waals surface area (Å²) in [5.41, 5.74) is 2.58. The molecule has 0 aliphatic heterocycles. The lowest BCUT2D eigenvalue weighted by Gasteiger charge is -2.19. The van der Waals surface area contributed by atoms with Crippen molar-refractivity contribution in [3.63, 3.8) is 0 Å². The average Bonchev–Trinajstić information content (AvgIpc) is 3.24. The molecule has 7 nitrogen and oxygen atoms in total. The van der Waals surface area contributed by atoms with E-state index in [1.54, 1.807) is 25.3 Å². The number of rotatable bonds is 10. The van der Waals surface area contributed by atoms with Crippen LogP contribution in [0.4, 0.5) is 0 Å². The van der Waals surface area contributed by atoms with Crippen molar-refractivity contribution >= 4 is 23.2 Å². The molecule has 0 aliphatic carbocycles. The molecule has 2 aromatic carbocycles. The third kappa shape index (κ3) is 6.31. The Morgan fingerprint density at radius 3 is 2.47 bits per heavy atom. The van der Waals surface area contributed by atoms with Crippen LogP contribution >= 0.6 is 11.3 Å². The van der Waals surface area contributed by atoms with Gasteiger partial charge in [0.25, 0.3) is 0 Å². The highest BCUT2D eigenvalue weighted by atomic mass is 32.1. The molecule has 1 unspecified atom stereocenters. The van der Waals surface area contributed by atoms with Gasteiger partial charge in [0, 0.05) is 11.8 Å². The van der Waals surface area contributed by atoms with Crippen LogP contribution in [0.25, 0.3) is 0 Å². The van der Waals surface area contributed by atoms with Gasteiger partial charge in [-0.25, -0.2) is 4.98 Å². The summed E-state index contributed by atoms with van der Waals surface area (Å²) in [6.07, 6.45) is 0.841. The highest BCUT2D eigenvalue weighted by Gasteiger charge is 2.21. The third-order valence-electron chi connectivity index (χ3n) is 4.88. The molecule has 3 aromatic rings. The summed E-state index contributed by atoms with van der Waals surface area (Å²) < 4.78 is 15.4. The van der Waals surface area contributed by atoms with Crippen LogP contribution in [0.3, 0.4) is 0 Å². The molecular formula is C24H26N2O5S. The van der Waals surface area contributed by atoms with Crippen molar-refractivity contribution in [2.75, 3.05) is 21.3 Å². The van der Waals surface area contributed by atoms with Crippen LogP contribution in [-0.4, -0.2) is 38.2 Å². The van der Waals surface area contributed by atoms with E-state index in [1.165, 1.54) is 31.1 Å². The van der Waals surface area contributed by atoms with Crippen LogP contribution in [0.5, 0.6) is 11.5 Å². The first kappa shape index (κ1) is 23.3. The van der Waals surface area contributed by atoms with Crippen LogP contribution < -0.4 is 14.8 Å². The van der Waals surface area contributed by atoms with E-state index in [0.717, 1.165) is 11.4 Å². The van der Waals surface area contributed by atoms with Crippen LogP contribution in [0, 0.1) is 0 Å². The van der Waals surface area contributed by atoms with Gasteiger partial charge < -0.3 is 19.5 Å². The van der Waals surface area contributed by atoms with Crippen LogP contribution in [0.2, 0.25) is 0 Å². The molecule has 1 aromatic heterocycles. The Hall–Kier alpha value is -3.39. The summed E-state index contributed by atoms with van der Waals surface area (Å²) in [5.74, 6) is 0.418. The molecule has 1 atom stereocenters. The van der Waals surface area contributed by atoms with E-state index in [-0.39, 0.29) is 18.7 Å². The molecule has 168 valence electrons. The molecule has 1 heterocycles. The molecule has 0 aliphatic rings. The number of ether oxygens (including phenoxy) is 3. The fourth-order valence-corrected chi connectivity index (χ4v) is 4.09. The van der Waals surface area contributed by atoms with Crippen molar-refractivity contribution in [2.45, 2.75) is 25.3 Å².